The van der Waals surface area contributed by atoms with Gasteiger partial charge in [0.25, 0.3) is 0 Å². The van der Waals surface area contributed by atoms with Crippen LogP contribution in [-0.2, 0) is 16.6 Å². The second-order valence-corrected chi connectivity index (χ2v) is 8.80. The standard InChI is InChI=1S/C27H23N3O3/c1-16-11-19-15-28-25(29-23(19)22(31)12-16)32-20-9-6-8-17(13-20)24-30-27(3)21-10-5-4-7-18(21)14-26(27,2)33-24/h4-13,15,31H,14H2,1-3H3/t26-,27+/m1/s1/i14D2. The molecule has 1 aromatic heterocycles. The molecule has 2 atom stereocenters. The van der Waals surface area contributed by atoms with E-state index in [1.165, 1.54) is 0 Å². The molecule has 4 aromatic rings. The Morgan fingerprint density at radius 1 is 1.09 bits per heavy atom. The molecular weight excluding hydrogens is 414 g/mol. The van der Waals surface area contributed by atoms with Crippen LogP contribution in [0.3, 0.4) is 0 Å². The van der Waals surface area contributed by atoms with Crippen LogP contribution in [0.15, 0.2) is 71.9 Å². The Labute approximate surface area is 194 Å². The van der Waals surface area contributed by atoms with Crippen LogP contribution in [0.2, 0.25) is 0 Å². The minimum atomic E-state index is -1.73. The maximum atomic E-state index is 10.3. The number of aromatic hydroxyl groups is 1. The number of aryl methyl sites for hydroxylation is 1. The van der Waals surface area contributed by atoms with Gasteiger partial charge in [0.2, 0.25) is 5.90 Å². The molecule has 2 heterocycles. The summed E-state index contributed by atoms with van der Waals surface area (Å²) in [7, 11) is 0. The number of phenolic OH excluding ortho intramolecular Hbond substituents is 1. The number of hydrogen-bond acceptors (Lipinski definition) is 6. The highest BCUT2D eigenvalue weighted by Crippen LogP contribution is 2.52. The second kappa shape index (κ2) is 6.78. The molecule has 0 saturated heterocycles. The lowest BCUT2D eigenvalue weighted by Crippen LogP contribution is -2.41. The predicted octanol–water partition coefficient (Wildman–Crippen LogP) is 5.44. The van der Waals surface area contributed by atoms with Gasteiger partial charge >= 0.3 is 6.01 Å². The Bertz CT molecular complexity index is 1550. The zero-order valence-electron chi connectivity index (χ0n) is 20.5. The van der Waals surface area contributed by atoms with E-state index in [2.05, 4.69) is 9.97 Å². The van der Waals surface area contributed by atoms with Gasteiger partial charge in [-0.25, -0.2) is 9.98 Å². The molecule has 0 bridgehead atoms. The molecule has 164 valence electrons. The van der Waals surface area contributed by atoms with Crippen LogP contribution in [-0.4, -0.2) is 26.6 Å². The molecule has 6 nitrogen and oxygen atoms in total. The van der Waals surface area contributed by atoms with E-state index in [9.17, 15) is 5.11 Å². The second-order valence-electron chi connectivity index (χ2n) is 8.80. The normalized spacial score (nSPS) is 25.5. The number of ether oxygens (including phenoxy) is 2. The quantitative estimate of drug-likeness (QED) is 0.460. The fourth-order valence-electron chi connectivity index (χ4n) is 4.59. The smallest absolute Gasteiger partial charge is 0.322 e. The molecule has 1 aliphatic heterocycles. The van der Waals surface area contributed by atoms with E-state index in [4.69, 9.17) is 17.2 Å². The van der Waals surface area contributed by atoms with Crippen LogP contribution in [0, 0.1) is 6.92 Å². The fraction of sp³-hybridized carbons (Fsp3) is 0.222. The first-order chi connectivity index (χ1) is 16.6. The van der Waals surface area contributed by atoms with Crippen molar-refractivity contribution in [3.63, 3.8) is 0 Å². The van der Waals surface area contributed by atoms with E-state index in [1.807, 2.05) is 44.2 Å². The number of hydrogen-bond donors (Lipinski definition) is 1. The summed E-state index contributed by atoms with van der Waals surface area (Å²) in [6.45, 7) is 5.59. The highest BCUT2D eigenvalue weighted by molar-refractivity contribution is 5.97. The summed E-state index contributed by atoms with van der Waals surface area (Å²) in [5.74, 6) is 0.888. The molecule has 0 saturated carbocycles. The van der Waals surface area contributed by atoms with Gasteiger partial charge in [0.15, 0.2) is 0 Å². The number of phenols is 1. The number of fused-ring (bicyclic) bond motifs is 4. The van der Waals surface area contributed by atoms with Crippen LogP contribution in [0.25, 0.3) is 10.9 Å². The van der Waals surface area contributed by atoms with E-state index < -0.39 is 17.5 Å². The Balaban J connectivity index is 1.35. The Hall–Kier alpha value is -3.93. The van der Waals surface area contributed by atoms with E-state index >= 15 is 0 Å². The zero-order chi connectivity index (χ0) is 24.6. The van der Waals surface area contributed by atoms with Crippen molar-refractivity contribution >= 4 is 16.8 Å². The third-order valence-electron chi connectivity index (χ3n) is 6.45. The first kappa shape index (κ1) is 17.6. The molecule has 0 spiro atoms. The maximum Gasteiger partial charge on any atom is 0.322 e. The summed E-state index contributed by atoms with van der Waals surface area (Å²) < 4.78 is 29.9. The summed E-state index contributed by atoms with van der Waals surface area (Å²) >= 11 is 0. The van der Waals surface area contributed by atoms with Gasteiger partial charge in [-0.1, -0.05) is 30.3 Å². The van der Waals surface area contributed by atoms with Gasteiger partial charge in [-0.2, -0.15) is 4.98 Å². The molecule has 3 aromatic carbocycles. The van der Waals surface area contributed by atoms with Crippen molar-refractivity contribution in [3.8, 4) is 17.5 Å². The SMILES string of the molecule is [2H]C1([2H])c2ccccc2[C@]2(C)N=C(c3cccc(Oc4ncc5cc(C)cc(O)c5n4)c3)O[C@]12C. The summed E-state index contributed by atoms with van der Waals surface area (Å²) in [4.78, 5) is 13.5. The molecule has 0 amide bonds. The third-order valence-corrected chi connectivity index (χ3v) is 6.45. The molecule has 6 heteroatoms. The van der Waals surface area contributed by atoms with Gasteiger partial charge in [-0.15, -0.1) is 0 Å². The zero-order valence-corrected chi connectivity index (χ0v) is 18.5. The van der Waals surface area contributed by atoms with Gasteiger partial charge in [0, 0.05) is 26.3 Å². The first-order valence-electron chi connectivity index (χ1n) is 11.8. The van der Waals surface area contributed by atoms with Crippen molar-refractivity contribution < 1.29 is 17.3 Å². The molecule has 2 aliphatic rings. The van der Waals surface area contributed by atoms with E-state index in [0.29, 0.717) is 28.3 Å². The first-order valence-corrected chi connectivity index (χ1v) is 10.8. The minimum absolute atomic E-state index is 0.0669. The van der Waals surface area contributed by atoms with Crippen LogP contribution < -0.4 is 4.74 Å². The number of nitrogens with zero attached hydrogens (tertiary/aromatic N) is 3. The highest BCUT2D eigenvalue weighted by atomic mass is 16.5. The molecule has 0 fully saturated rings. The minimum Gasteiger partial charge on any atom is -0.506 e. The van der Waals surface area contributed by atoms with Crippen LogP contribution in [0.5, 0.6) is 17.5 Å². The summed E-state index contributed by atoms with van der Waals surface area (Å²) in [6.07, 6.45) is -0.113. The van der Waals surface area contributed by atoms with E-state index in [0.717, 1.165) is 16.5 Å². The lowest BCUT2D eigenvalue weighted by Gasteiger charge is -2.31. The molecule has 33 heavy (non-hydrogen) atoms. The lowest BCUT2D eigenvalue weighted by molar-refractivity contribution is 0.0476. The average Bonchev–Trinajstić information content (AvgIpc) is 3.18. The Kier molecular flexibility index (Phi) is 3.62. The molecule has 0 unspecified atom stereocenters. The summed E-state index contributed by atoms with van der Waals surface area (Å²) in [5.41, 5.74) is 1.34. The van der Waals surface area contributed by atoms with Gasteiger partial charge in [0.05, 0.1) is 0 Å². The third kappa shape index (κ3) is 2.98. The number of aromatic nitrogens is 2. The predicted molar refractivity (Wildman–Crippen MR) is 126 cm³/mol. The van der Waals surface area contributed by atoms with Gasteiger partial charge in [-0.3, -0.25) is 0 Å². The largest absolute Gasteiger partial charge is 0.506 e. The molecular formula is C27H23N3O3. The van der Waals surface area contributed by atoms with Crippen molar-refractivity contribution in [2.75, 3.05) is 0 Å². The van der Waals surface area contributed by atoms with Crippen molar-refractivity contribution in [1.29, 1.82) is 0 Å². The van der Waals surface area contributed by atoms with Crippen molar-refractivity contribution in [2.24, 2.45) is 4.99 Å². The van der Waals surface area contributed by atoms with Crippen LogP contribution in [0.4, 0.5) is 0 Å². The number of benzene rings is 3. The van der Waals surface area contributed by atoms with Crippen molar-refractivity contribution in [2.45, 2.75) is 38.3 Å². The fourth-order valence-corrected chi connectivity index (χ4v) is 4.59. The van der Waals surface area contributed by atoms with Crippen molar-refractivity contribution in [3.05, 3.63) is 89.1 Å². The average molecular weight is 440 g/mol. The van der Waals surface area contributed by atoms with Crippen LogP contribution >= 0.6 is 0 Å². The molecule has 1 N–H and O–H groups in total. The number of aliphatic imine (C=N–C) groups is 1. The van der Waals surface area contributed by atoms with E-state index in [1.54, 1.807) is 43.5 Å². The summed E-state index contributed by atoms with van der Waals surface area (Å²) in [5, 5.41) is 11.0. The summed E-state index contributed by atoms with van der Waals surface area (Å²) in [6, 6.07) is 18.3. The highest BCUT2D eigenvalue weighted by Gasteiger charge is 2.58. The molecule has 6 rings (SSSR count). The monoisotopic (exact) mass is 439 g/mol. The Morgan fingerprint density at radius 3 is 2.82 bits per heavy atom. The number of rotatable bonds is 3. The van der Waals surface area contributed by atoms with Gasteiger partial charge in [0.1, 0.15) is 28.2 Å². The van der Waals surface area contributed by atoms with Crippen molar-refractivity contribution in [1.82, 2.24) is 9.97 Å². The van der Waals surface area contributed by atoms with Gasteiger partial charge in [-0.05, 0) is 67.8 Å². The van der Waals surface area contributed by atoms with E-state index in [-0.39, 0.29) is 11.8 Å². The van der Waals surface area contributed by atoms with Crippen LogP contribution in [0.1, 0.15) is 38.8 Å². The molecule has 0 radical (unpaired) electrons. The topological polar surface area (TPSA) is 76.8 Å². The molecule has 1 aliphatic carbocycles. The lowest BCUT2D eigenvalue weighted by atomic mass is 9.84. The maximum absolute atomic E-state index is 10.3. The Morgan fingerprint density at radius 2 is 1.94 bits per heavy atom. The van der Waals surface area contributed by atoms with Gasteiger partial charge < -0.3 is 14.6 Å².